The maximum Gasteiger partial charge on any atom is 0.353 e. The van der Waals surface area contributed by atoms with Gasteiger partial charge in [0.05, 0.1) is 0 Å². The molecule has 6 heteroatoms. The number of hydrogen-bond acceptors (Lipinski definition) is 3. The van der Waals surface area contributed by atoms with Crippen molar-refractivity contribution in [3.05, 3.63) is 10.1 Å². The first kappa shape index (κ1) is 12.3. The van der Waals surface area contributed by atoms with Gasteiger partial charge in [-0.15, -0.1) is 0 Å². The molecular formula is C9H11Cl2NO3. The Balaban J connectivity index is 2.72. The van der Waals surface area contributed by atoms with Gasteiger partial charge in [0.15, 0.2) is 0 Å². The Kier molecular flexibility index (Phi) is 3.31. The lowest BCUT2D eigenvalue weighted by Crippen LogP contribution is -2.42. The Morgan fingerprint density at radius 3 is 2.27 bits per heavy atom. The van der Waals surface area contributed by atoms with Crippen molar-refractivity contribution in [1.29, 1.82) is 0 Å². The molecule has 84 valence electrons. The van der Waals surface area contributed by atoms with Crippen molar-refractivity contribution in [3.63, 3.8) is 0 Å². The molecule has 0 aromatic heterocycles. The number of rotatable bonds is 1. The highest BCUT2D eigenvalue weighted by molar-refractivity contribution is 6.48. The van der Waals surface area contributed by atoms with Crippen molar-refractivity contribution in [2.45, 2.75) is 27.0 Å². The van der Waals surface area contributed by atoms with Crippen LogP contribution in [0.25, 0.3) is 0 Å². The summed E-state index contributed by atoms with van der Waals surface area (Å²) in [7, 11) is 0. The molecule has 1 unspecified atom stereocenters. The van der Waals surface area contributed by atoms with E-state index in [1.54, 1.807) is 20.8 Å². The Morgan fingerprint density at radius 2 is 1.93 bits per heavy atom. The van der Waals surface area contributed by atoms with Crippen LogP contribution in [0.2, 0.25) is 0 Å². The van der Waals surface area contributed by atoms with Gasteiger partial charge in [-0.25, -0.2) is 4.79 Å². The molecule has 0 saturated heterocycles. The van der Waals surface area contributed by atoms with Gasteiger partial charge < -0.3 is 10.1 Å². The summed E-state index contributed by atoms with van der Waals surface area (Å²) in [4.78, 5) is 22.5. The van der Waals surface area contributed by atoms with Crippen molar-refractivity contribution < 1.29 is 14.3 Å². The van der Waals surface area contributed by atoms with Gasteiger partial charge in [-0.2, -0.15) is 0 Å². The Labute approximate surface area is 97.6 Å². The number of hydrogen-bond donors (Lipinski definition) is 1. The first-order valence-corrected chi connectivity index (χ1v) is 5.06. The summed E-state index contributed by atoms with van der Waals surface area (Å²) >= 11 is 11.2. The first-order chi connectivity index (χ1) is 6.73. The molecule has 0 bridgehead atoms. The van der Waals surface area contributed by atoms with E-state index in [9.17, 15) is 9.59 Å². The van der Waals surface area contributed by atoms with Crippen LogP contribution >= 0.6 is 23.2 Å². The number of nitrogens with one attached hydrogen (secondary N) is 1. The quantitative estimate of drug-likeness (QED) is 0.723. The zero-order chi connectivity index (χ0) is 11.8. The van der Waals surface area contributed by atoms with Crippen LogP contribution in [0.5, 0.6) is 0 Å². The summed E-state index contributed by atoms with van der Waals surface area (Å²) in [6.07, 6.45) is -0.960. The van der Waals surface area contributed by atoms with Gasteiger partial charge >= 0.3 is 5.97 Å². The average Bonchev–Trinajstić information content (AvgIpc) is 2.32. The molecule has 1 amide bonds. The second-order valence-electron chi connectivity index (χ2n) is 4.17. The van der Waals surface area contributed by atoms with Crippen LogP contribution in [0.1, 0.15) is 20.8 Å². The molecule has 1 rings (SSSR count). The van der Waals surface area contributed by atoms with Crippen molar-refractivity contribution >= 4 is 35.1 Å². The molecule has 0 spiro atoms. The van der Waals surface area contributed by atoms with E-state index in [0.717, 1.165) is 0 Å². The second-order valence-corrected chi connectivity index (χ2v) is 4.96. The summed E-state index contributed by atoms with van der Waals surface area (Å²) in [6.45, 7) is 5.20. The third-order valence-electron chi connectivity index (χ3n) is 1.79. The van der Waals surface area contributed by atoms with Crippen LogP contribution < -0.4 is 5.32 Å². The SMILES string of the molecule is CC(C)(C)C(=O)NC1OC(=O)C(Cl)=C1Cl. The van der Waals surface area contributed by atoms with Crippen molar-refractivity contribution in [1.82, 2.24) is 5.32 Å². The summed E-state index contributed by atoms with van der Waals surface area (Å²) in [5.41, 5.74) is -0.585. The normalized spacial score (nSPS) is 21.7. The van der Waals surface area contributed by atoms with Crippen LogP contribution in [0.3, 0.4) is 0 Å². The molecule has 0 fully saturated rings. The topological polar surface area (TPSA) is 55.4 Å². The van der Waals surface area contributed by atoms with Gasteiger partial charge in [-0.3, -0.25) is 4.79 Å². The Hall–Kier alpha value is -0.740. The first-order valence-electron chi connectivity index (χ1n) is 4.30. The molecule has 1 N–H and O–H groups in total. The molecular weight excluding hydrogens is 241 g/mol. The molecule has 1 atom stereocenters. The summed E-state index contributed by atoms with van der Waals surface area (Å²) in [5, 5.41) is 2.30. The highest BCUT2D eigenvalue weighted by Crippen LogP contribution is 2.28. The van der Waals surface area contributed by atoms with E-state index in [4.69, 9.17) is 27.9 Å². The minimum absolute atomic E-state index is 0.0132. The Bertz CT molecular complexity index is 344. The highest BCUT2D eigenvalue weighted by Gasteiger charge is 2.35. The van der Waals surface area contributed by atoms with Crippen molar-refractivity contribution in [2.75, 3.05) is 0 Å². The maximum absolute atomic E-state index is 11.6. The molecule has 15 heavy (non-hydrogen) atoms. The average molecular weight is 252 g/mol. The monoisotopic (exact) mass is 251 g/mol. The van der Waals surface area contributed by atoms with E-state index in [-0.39, 0.29) is 16.0 Å². The van der Waals surface area contributed by atoms with Crippen LogP contribution in [-0.2, 0) is 14.3 Å². The molecule has 1 aliphatic rings. The van der Waals surface area contributed by atoms with Crippen LogP contribution in [0.15, 0.2) is 10.1 Å². The van der Waals surface area contributed by atoms with Gasteiger partial charge in [0, 0.05) is 5.41 Å². The largest absolute Gasteiger partial charge is 0.432 e. The van der Waals surface area contributed by atoms with E-state index in [0.29, 0.717) is 0 Å². The van der Waals surface area contributed by atoms with Crippen LogP contribution in [0.4, 0.5) is 0 Å². The van der Waals surface area contributed by atoms with Crippen molar-refractivity contribution in [2.24, 2.45) is 5.41 Å². The van der Waals surface area contributed by atoms with E-state index >= 15 is 0 Å². The van der Waals surface area contributed by atoms with E-state index in [1.807, 2.05) is 0 Å². The summed E-state index contributed by atoms with van der Waals surface area (Å²) in [5.74, 6) is -0.995. The predicted octanol–water partition coefficient (Wildman–Crippen LogP) is 1.72. The number of cyclic esters (lactones) is 1. The fraction of sp³-hybridized carbons (Fsp3) is 0.556. The molecule has 0 aliphatic carbocycles. The van der Waals surface area contributed by atoms with Crippen LogP contribution in [-0.4, -0.2) is 18.1 Å². The van der Waals surface area contributed by atoms with Gasteiger partial charge in [0.1, 0.15) is 10.1 Å². The molecule has 4 nitrogen and oxygen atoms in total. The number of halogens is 2. The van der Waals surface area contributed by atoms with E-state index in [2.05, 4.69) is 5.32 Å². The smallest absolute Gasteiger partial charge is 0.353 e. The number of carbonyl (C=O) groups excluding carboxylic acids is 2. The lowest BCUT2D eigenvalue weighted by Gasteiger charge is -2.20. The zero-order valence-electron chi connectivity index (χ0n) is 8.56. The molecule has 0 saturated carbocycles. The van der Waals surface area contributed by atoms with Crippen molar-refractivity contribution in [3.8, 4) is 0 Å². The fourth-order valence-corrected chi connectivity index (χ4v) is 1.17. The second kappa shape index (κ2) is 4.02. The predicted molar refractivity (Wildman–Crippen MR) is 56.2 cm³/mol. The van der Waals surface area contributed by atoms with Gasteiger partial charge in [0.2, 0.25) is 12.1 Å². The molecule has 0 radical (unpaired) electrons. The standard InChI is InChI=1S/C9H11Cl2NO3/c1-9(2,3)8(14)12-6-4(10)5(11)7(13)15-6/h6H,1-3H3,(H,12,14). The van der Waals surface area contributed by atoms with E-state index in [1.165, 1.54) is 0 Å². The fourth-order valence-electron chi connectivity index (χ4n) is 0.852. The minimum Gasteiger partial charge on any atom is -0.432 e. The number of amides is 1. The number of esters is 1. The highest BCUT2D eigenvalue weighted by atomic mass is 35.5. The lowest BCUT2D eigenvalue weighted by molar-refractivity contribution is -0.143. The zero-order valence-corrected chi connectivity index (χ0v) is 10.1. The minimum atomic E-state index is -0.960. The number of carbonyl (C=O) groups is 2. The number of ether oxygens (including phenoxy) is 1. The van der Waals surface area contributed by atoms with Gasteiger partial charge in [0.25, 0.3) is 0 Å². The third-order valence-corrected chi connectivity index (χ3v) is 2.63. The molecule has 0 aromatic rings. The van der Waals surface area contributed by atoms with E-state index < -0.39 is 17.6 Å². The lowest BCUT2D eigenvalue weighted by atomic mass is 9.96. The summed E-state index contributed by atoms with van der Waals surface area (Å²) in [6, 6.07) is 0. The third kappa shape index (κ3) is 2.63. The Morgan fingerprint density at radius 1 is 1.40 bits per heavy atom. The summed E-state index contributed by atoms with van der Waals surface area (Å²) < 4.78 is 4.74. The van der Waals surface area contributed by atoms with Gasteiger partial charge in [-0.05, 0) is 0 Å². The van der Waals surface area contributed by atoms with Gasteiger partial charge in [-0.1, -0.05) is 44.0 Å². The van der Waals surface area contributed by atoms with Crippen LogP contribution in [0, 0.1) is 5.41 Å². The molecule has 1 aliphatic heterocycles. The molecule has 0 aromatic carbocycles. The maximum atomic E-state index is 11.6. The molecule has 1 heterocycles.